The largest absolute Gasteiger partial charge is 0.461 e. The number of nitrogens with zero attached hydrogens (tertiary/aromatic N) is 4. The third-order valence-electron chi connectivity index (χ3n) is 5.28. The van der Waals surface area contributed by atoms with Crippen LogP contribution in [0.15, 0.2) is 70.4 Å². The van der Waals surface area contributed by atoms with Gasteiger partial charge in [0.25, 0.3) is 0 Å². The molecule has 5 rings (SSSR count). The quantitative estimate of drug-likeness (QED) is 0.386. The molecule has 0 bridgehead atoms. The maximum absolute atomic E-state index is 12.6. The Labute approximate surface area is 183 Å². The molecule has 3 aromatic heterocycles. The first-order chi connectivity index (χ1) is 15.2. The minimum absolute atomic E-state index is 0.0915. The molecule has 0 aliphatic rings. The van der Waals surface area contributed by atoms with Gasteiger partial charge in [0.05, 0.1) is 12.0 Å². The van der Waals surface area contributed by atoms with Crippen molar-refractivity contribution in [2.45, 2.75) is 18.6 Å². The number of amides is 1. The highest BCUT2D eigenvalue weighted by molar-refractivity contribution is 7.99. The van der Waals surface area contributed by atoms with Gasteiger partial charge in [0.1, 0.15) is 0 Å². The van der Waals surface area contributed by atoms with Crippen molar-refractivity contribution in [3.8, 4) is 11.6 Å². The fourth-order valence-corrected chi connectivity index (χ4v) is 4.57. The molecular weight excluding hydrogens is 410 g/mol. The number of para-hydroxylation sites is 1. The topological polar surface area (TPSA) is 77.9 Å². The molecule has 7 nitrogen and oxygen atoms in total. The highest BCUT2D eigenvalue weighted by Gasteiger charge is 2.15. The number of thioether (sulfide) groups is 1. The van der Waals surface area contributed by atoms with Crippen LogP contribution in [-0.2, 0) is 18.4 Å². The maximum Gasteiger partial charge on any atom is 0.234 e. The first-order valence-electron chi connectivity index (χ1n) is 10.0. The number of benzene rings is 2. The van der Waals surface area contributed by atoms with Gasteiger partial charge < -0.3 is 18.9 Å². The number of furan rings is 1. The molecule has 0 spiro atoms. The predicted molar refractivity (Wildman–Crippen MR) is 123 cm³/mol. The number of rotatable bonds is 6. The number of aromatic nitrogens is 4. The van der Waals surface area contributed by atoms with E-state index in [0.717, 1.165) is 17.6 Å². The van der Waals surface area contributed by atoms with Gasteiger partial charge in [0.15, 0.2) is 16.7 Å². The Morgan fingerprint density at radius 2 is 1.90 bits per heavy atom. The van der Waals surface area contributed by atoms with Gasteiger partial charge in [-0.15, -0.1) is 10.2 Å². The summed E-state index contributed by atoms with van der Waals surface area (Å²) in [5, 5.41) is 14.3. The molecule has 0 fully saturated rings. The second kappa shape index (κ2) is 7.96. The lowest BCUT2D eigenvalue weighted by Gasteiger charge is -2.07. The number of fused-ring (bicyclic) bond motifs is 3. The number of carbonyl (C=O) groups is 1. The van der Waals surface area contributed by atoms with Crippen molar-refractivity contribution in [3.05, 3.63) is 60.9 Å². The van der Waals surface area contributed by atoms with Crippen molar-refractivity contribution < 1.29 is 9.21 Å². The van der Waals surface area contributed by atoms with E-state index < -0.39 is 0 Å². The van der Waals surface area contributed by atoms with Crippen molar-refractivity contribution in [1.29, 1.82) is 0 Å². The van der Waals surface area contributed by atoms with E-state index >= 15 is 0 Å². The van der Waals surface area contributed by atoms with E-state index in [4.69, 9.17) is 4.42 Å². The summed E-state index contributed by atoms with van der Waals surface area (Å²) in [4.78, 5) is 12.6. The molecule has 1 N–H and O–H groups in total. The Morgan fingerprint density at radius 1 is 1.06 bits per heavy atom. The third-order valence-corrected chi connectivity index (χ3v) is 6.30. The summed E-state index contributed by atoms with van der Waals surface area (Å²) < 4.78 is 9.49. The molecule has 5 aromatic rings. The van der Waals surface area contributed by atoms with E-state index in [1.807, 2.05) is 35.9 Å². The summed E-state index contributed by atoms with van der Waals surface area (Å²) in [5.41, 5.74) is 3.15. The number of carbonyl (C=O) groups excluding carboxylic acids is 1. The highest BCUT2D eigenvalue weighted by atomic mass is 32.2. The average molecular weight is 432 g/mol. The molecule has 0 atom stereocenters. The third kappa shape index (κ3) is 3.48. The van der Waals surface area contributed by atoms with Crippen LogP contribution >= 0.6 is 11.8 Å². The zero-order valence-electron chi connectivity index (χ0n) is 17.2. The van der Waals surface area contributed by atoms with Crippen LogP contribution in [-0.4, -0.2) is 31.0 Å². The second-order valence-corrected chi connectivity index (χ2v) is 8.12. The van der Waals surface area contributed by atoms with Crippen LogP contribution in [0, 0.1) is 0 Å². The Balaban J connectivity index is 1.32. The van der Waals surface area contributed by atoms with Crippen molar-refractivity contribution >= 4 is 45.2 Å². The van der Waals surface area contributed by atoms with Gasteiger partial charge in [-0.1, -0.05) is 30.0 Å². The van der Waals surface area contributed by atoms with Crippen LogP contribution in [0.25, 0.3) is 33.4 Å². The summed E-state index contributed by atoms with van der Waals surface area (Å²) >= 11 is 1.34. The zero-order valence-corrected chi connectivity index (χ0v) is 18.0. The van der Waals surface area contributed by atoms with Gasteiger partial charge in [0.2, 0.25) is 5.91 Å². The number of hydrogen-bond acceptors (Lipinski definition) is 5. The molecule has 8 heteroatoms. The van der Waals surface area contributed by atoms with Crippen molar-refractivity contribution in [1.82, 2.24) is 19.3 Å². The van der Waals surface area contributed by atoms with Crippen LogP contribution in [0.3, 0.4) is 0 Å². The van der Waals surface area contributed by atoms with Gasteiger partial charge in [0, 0.05) is 41.1 Å². The van der Waals surface area contributed by atoms with Crippen molar-refractivity contribution in [3.63, 3.8) is 0 Å². The molecule has 2 aromatic carbocycles. The molecule has 0 saturated heterocycles. The SMILES string of the molecule is CCn1c2ccccc2c2cc(NC(=O)CSc3nnc(-c4ccco4)n3C)ccc21. The average Bonchev–Trinajstić information content (AvgIpc) is 3.50. The minimum Gasteiger partial charge on any atom is -0.461 e. The fraction of sp³-hybridized carbons (Fsp3) is 0.174. The van der Waals surface area contributed by atoms with Crippen LogP contribution < -0.4 is 5.32 Å². The molecule has 156 valence electrons. The van der Waals surface area contributed by atoms with E-state index in [0.29, 0.717) is 16.7 Å². The summed E-state index contributed by atoms with van der Waals surface area (Å²) in [6, 6.07) is 18.0. The summed E-state index contributed by atoms with van der Waals surface area (Å²) in [5.74, 6) is 1.42. The second-order valence-electron chi connectivity index (χ2n) is 7.17. The minimum atomic E-state index is -0.0915. The first kappa shape index (κ1) is 19.4. The molecule has 1 amide bonds. The van der Waals surface area contributed by atoms with Gasteiger partial charge in [-0.3, -0.25) is 4.79 Å². The lowest BCUT2D eigenvalue weighted by Crippen LogP contribution is -2.14. The van der Waals surface area contributed by atoms with E-state index in [1.54, 1.807) is 12.3 Å². The van der Waals surface area contributed by atoms with Gasteiger partial charge in [-0.05, 0) is 43.3 Å². The lowest BCUT2D eigenvalue weighted by atomic mass is 10.1. The predicted octanol–water partition coefficient (Wildman–Crippen LogP) is 4.93. The summed E-state index contributed by atoms with van der Waals surface area (Å²) in [6.45, 7) is 3.03. The number of nitrogens with one attached hydrogen (secondary N) is 1. The van der Waals surface area contributed by atoms with Crippen LogP contribution in [0.1, 0.15) is 6.92 Å². The normalized spacial score (nSPS) is 11.4. The number of anilines is 1. The van der Waals surface area contributed by atoms with Gasteiger partial charge in [-0.2, -0.15) is 0 Å². The maximum atomic E-state index is 12.6. The highest BCUT2D eigenvalue weighted by Crippen LogP contribution is 2.31. The van der Waals surface area contributed by atoms with Crippen molar-refractivity contribution in [2.75, 3.05) is 11.1 Å². The van der Waals surface area contributed by atoms with E-state index in [2.05, 4.69) is 51.3 Å². The molecular formula is C23H21N5O2S. The molecule has 0 unspecified atom stereocenters. The first-order valence-corrected chi connectivity index (χ1v) is 11.0. The van der Waals surface area contributed by atoms with E-state index in [1.165, 1.54) is 28.2 Å². The van der Waals surface area contributed by atoms with Crippen LogP contribution in [0.2, 0.25) is 0 Å². The van der Waals surface area contributed by atoms with Gasteiger partial charge >= 0.3 is 0 Å². The molecule has 0 radical (unpaired) electrons. The van der Waals surface area contributed by atoms with Crippen LogP contribution in [0.4, 0.5) is 5.69 Å². The van der Waals surface area contributed by atoms with Gasteiger partial charge in [-0.25, -0.2) is 0 Å². The molecule has 3 heterocycles. The number of aryl methyl sites for hydroxylation is 1. The molecule has 0 aliphatic carbocycles. The standard InChI is InChI=1S/C23H21N5O2S/c1-3-28-18-8-5-4-7-16(18)17-13-15(10-11-19(17)28)24-21(29)14-31-23-26-25-22(27(23)2)20-9-6-12-30-20/h4-13H,3,14H2,1-2H3,(H,24,29). The monoisotopic (exact) mass is 431 g/mol. The summed E-state index contributed by atoms with van der Waals surface area (Å²) in [6.07, 6.45) is 1.60. The molecule has 0 saturated carbocycles. The Kier molecular flexibility index (Phi) is 4.99. The Hall–Kier alpha value is -3.52. The Bertz CT molecular complexity index is 1380. The number of hydrogen-bond donors (Lipinski definition) is 1. The summed E-state index contributed by atoms with van der Waals surface area (Å²) in [7, 11) is 1.86. The lowest BCUT2D eigenvalue weighted by molar-refractivity contribution is -0.113. The van der Waals surface area contributed by atoms with E-state index in [9.17, 15) is 4.79 Å². The fourth-order valence-electron chi connectivity index (χ4n) is 3.86. The zero-order chi connectivity index (χ0) is 21.4. The molecule has 0 aliphatic heterocycles. The van der Waals surface area contributed by atoms with E-state index in [-0.39, 0.29) is 11.7 Å². The Morgan fingerprint density at radius 3 is 2.71 bits per heavy atom. The van der Waals surface area contributed by atoms with Crippen molar-refractivity contribution in [2.24, 2.45) is 7.05 Å². The van der Waals surface area contributed by atoms with Crippen LogP contribution in [0.5, 0.6) is 0 Å². The smallest absolute Gasteiger partial charge is 0.234 e. The molecule has 31 heavy (non-hydrogen) atoms.